The SMILES string of the molecule is CC/C(C)=C\C=C(/C)OCCOCCCCCc1cc(C)on1. The van der Waals surface area contributed by atoms with Gasteiger partial charge in [-0.15, -0.1) is 0 Å². The van der Waals surface area contributed by atoms with Gasteiger partial charge in [-0.2, -0.15) is 0 Å². The van der Waals surface area contributed by atoms with Crippen molar-refractivity contribution in [3.8, 4) is 0 Å². The van der Waals surface area contributed by atoms with E-state index in [9.17, 15) is 0 Å². The molecule has 0 bridgehead atoms. The highest BCUT2D eigenvalue weighted by molar-refractivity contribution is 5.12. The molecule has 1 rings (SSSR count). The van der Waals surface area contributed by atoms with Gasteiger partial charge in [-0.05, 0) is 52.5 Å². The van der Waals surface area contributed by atoms with Gasteiger partial charge in [-0.25, -0.2) is 0 Å². The largest absolute Gasteiger partial charge is 0.496 e. The Hall–Kier alpha value is -1.55. The topological polar surface area (TPSA) is 44.5 Å². The van der Waals surface area contributed by atoms with Gasteiger partial charge < -0.3 is 14.0 Å². The average molecular weight is 321 g/mol. The number of hydrogen-bond donors (Lipinski definition) is 0. The number of unbranched alkanes of at least 4 members (excludes halogenated alkanes) is 2. The van der Waals surface area contributed by atoms with Gasteiger partial charge >= 0.3 is 0 Å². The van der Waals surface area contributed by atoms with Crippen LogP contribution in [0.5, 0.6) is 0 Å². The maximum absolute atomic E-state index is 5.60. The van der Waals surface area contributed by atoms with E-state index >= 15 is 0 Å². The molecule has 0 spiro atoms. The van der Waals surface area contributed by atoms with Gasteiger partial charge in [0.05, 0.1) is 18.1 Å². The summed E-state index contributed by atoms with van der Waals surface area (Å²) >= 11 is 0. The first-order chi connectivity index (χ1) is 11.1. The summed E-state index contributed by atoms with van der Waals surface area (Å²) in [7, 11) is 0. The number of nitrogens with zero attached hydrogens (tertiary/aromatic N) is 1. The molecule has 130 valence electrons. The summed E-state index contributed by atoms with van der Waals surface area (Å²) < 4.78 is 16.2. The van der Waals surface area contributed by atoms with Crippen LogP contribution in [-0.4, -0.2) is 25.0 Å². The molecule has 0 saturated carbocycles. The highest BCUT2D eigenvalue weighted by Crippen LogP contribution is 2.07. The maximum Gasteiger partial charge on any atom is 0.133 e. The monoisotopic (exact) mass is 321 g/mol. The van der Waals surface area contributed by atoms with Crippen LogP contribution in [0.4, 0.5) is 0 Å². The molecule has 0 radical (unpaired) electrons. The van der Waals surface area contributed by atoms with E-state index in [1.54, 1.807) is 0 Å². The highest BCUT2D eigenvalue weighted by Gasteiger charge is 1.99. The van der Waals surface area contributed by atoms with Crippen LogP contribution in [0.15, 0.2) is 34.1 Å². The van der Waals surface area contributed by atoms with Crippen molar-refractivity contribution >= 4 is 0 Å². The Morgan fingerprint density at radius 3 is 2.65 bits per heavy atom. The Morgan fingerprint density at radius 1 is 1.13 bits per heavy atom. The van der Waals surface area contributed by atoms with Gasteiger partial charge in [0.15, 0.2) is 0 Å². The lowest BCUT2D eigenvalue weighted by atomic mass is 10.1. The first-order valence-electron chi connectivity index (χ1n) is 8.58. The molecule has 0 aromatic carbocycles. The Morgan fingerprint density at radius 2 is 1.96 bits per heavy atom. The third-order valence-electron chi connectivity index (χ3n) is 3.62. The van der Waals surface area contributed by atoms with Crippen molar-refractivity contribution in [2.24, 2.45) is 0 Å². The normalized spacial score (nSPS) is 12.7. The first kappa shape index (κ1) is 19.5. The number of aromatic nitrogens is 1. The predicted molar refractivity (Wildman–Crippen MR) is 93.4 cm³/mol. The van der Waals surface area contributed by atoms with Crippen LogP contribution in [0.2, 0.25) is 0 Å². The molecule has 0 saturated heterocycles. The minimum absolute atomic E-state index is 0.611. The van der Waals surface area contributed by atoms with E-state index in [0.717, 1.165) is 55.9 Å². The van der Waals surface area contributed by atoms with Crippen molar-refractivity contribution in [3.05, 3.63) is 41.0 Å². The molecule has 0 aliphatic rings. The van der Waals surface area contributed by atoms with E-state index in [-0.39, 0.29) is 0 Å². The predicted octanol–water partition coefficient (Wildman–Crippen LogP) is 4.99. The summed E-state index contributed by atoms with van der Waals surface area (Å²) in [5.74, 6) is 1.82. The first-order valence-corrected chi connectivity index (χ1v) is 8.58. The van der Waals surface area contributed by atoms with Crippen molar-refractivity contribution in [1.82, 2.24) is 5.16 Å². The lowest BCUT2D eigenvalue weighted by Crippen LogP contribution is -2.04. The van der Waals surface area contributed by atoms with Crippen molar-refractivity contribution in [3.63, 3.8) is 0 Å². The quantitative estimate of drug-likeness (QED) is 0.309. The molecule has 0 atom stereocenters. The van der Waals surface area contributed by atoms with Crippen LogP contribution >= 0.6 is 0 Å². The van der Waals surface area contributed by atoms with Gasteiger partial charge in [0.25, 0.3) is 0 Å². The fourth-order valence-corrected chi connectivity index (χ4v) is 2.01. The molecule has 0 aliphatic heterocycles. The van der Waals surface area contributed by atoms with Crippen LogP contribution in [0, 0.1) is 6.92 Å². The standard InChI is InChI=1S/C19H31NO3/c1-5-16(2)10-11-17(3)22-14-13-21-12-8-6-7-9-19-15-18(4)23-20-19/h10-11,15H,5-9,12-14H2,1-4H3/b16-10-,17-11+. The zero-order valence-corrected chi connectivity index (χ0v) is 15.1. The number of allylic oxidation sites excluding steroid dienone is 4. The van der Waals surface area contributed by atoms with E-state index in [2.05, 4.69) is 25.1 Å². The van der Waals surface area contributed by atoms with Crippen molar-refractivity contribution in [2.45, 2.75) is 59.8 Å². The summed E-state index contributed by atoms with van der Waals surface area (Å²) in [5.41, 5.74) is 2.40. The van der Waals surface area contributed by atoms with Crippen LogP contribution in [-0.2, 0) is 15.9 Å². The number of rotatable bonds is 12. The lowest BCUT2D eigenvalue weighted by Gasteiger charge is -2.07. The maximum atomic E-state index is 5.60. The summed E-state index contributed by atoms with van der Waals surface area (Å²) in [6.45, 7) is 10.2. The van der Waals surface area contributed by atoms with Crippen molar-refractivity contribution < 1.29 is 14.0 Å². The lowest BCUT2D eigenvalue weighted by molar-refractivity contribution is 0.0740. The molecular weight excluding hydrogens is 290 g/mol. The second-order valence-corrected chi connectivity index (χ2v) is 5.84. The molecule has 0 unspecified atom stereocenters. The van der Waals surface area contributed by atoms with Gasteiger partial charge in [-0.1, -0.05) is 30.2 Å². The summed E-state index contributed by atoms with van der Waals surface area (Å²) in [6, 6.07) is 2.00. The number of ether oxygens (including phenoxy) is 2. The minimum atomic E-state index is 0.611. The molecule has 0 amide bonds. The Bertz CT molecular complexity index is 489. The fraction of sp³-hybridized carbons (Fsp3) is 0.632. The van der Waals surface area contributed by atoms with E-state index in [1.807, 2.05) is 26.0 Å². The van der Waals surface area contributed by atoms with Crippen molar-refractivity contribution in [2.75, 3.05) is 19.8 Å². The Balaban J connectivity index is 1.93. The van der Waals surface area contributed by atoms with Crippen LogP contribution in [0.3, 0.4) is 0 Å². The third kappa shape index (κ3) is 9.95. The third-order valence-corrected chi connectivity index (χ3v) is 3.62. The molecule has 1 aromatic heterocycles. The van der Waals surface area contributed by atoms with Crippen molar-refractivity contribution in [1.29, 1.82) is 0 Å². The molecule has 4 nitrogen and oxygen atoms in total. The highest BCUT2D eigenvalue weighted by atomic mass is 16.5. The summed E-state index contributed by atoms with van der Waals surface area (Å²) in [4.78, 5) is 0. The molecule has 0 fully saturated rings. The molecular formula is C19H31NO3. The molecule has 1 aromatic rings. The molecule has 4 heteroatoms. The Kier molecular flexibility index (Phi) is 10.1. The number of aryl methyl sites for hydroxylation is 2. The van der Waals surface area contributed by atoms with Crippen LogP contribution < -0.4 is 0 Å². The Labute approximate surface area is 140 Å². The van der Waals surface area contributed by atoms with E-state index < -0.39 is 0 Å². The molecule has 0 N–H and O–H groups in total. The second kappa shape index (κ2) is 11.9. The van der Waals surface area contributed by atoms with E-state index in [1.165, 1.54) is 5.57 Å². The molecule has 1 heterocycles. The average Bonchev–Trinajstić information content (AvgIpc) is 2.96. The molecule has 0 aliphatic carbocycles. The second-order valence-electron chi connectivity index (χ2n) is 5.84. The molecule has 23 heavy (non-hydrogen) atoms. The van der Waals surface area contributed by atoms with E-state index in [4.69, 9.17) is 14.0 Å². The zero-order chi connectivity index (χ0) is 16.9. The van der Waals surface area contributed by atoms with Gasteiger partial charge in [-0.3, -0.25) is 0 Å². The van der Waals surface area contributed by atoms with E-state index in [0.29, 0.717) is 13.2 Å². The van der Waals surface area contributed by atoms with Gasteiger partial charge in [0, 0.05) is 12.7 Å². The van der Waals surface area contributed by atoms with Crippen LogP contribution in [0.25, 0.3) is 0 Å². The zero-order valence-electron chi connectivity index (χ0n) is 15.1. The summed E-state index contributed by atoms with van der Waals surface area (Å²) in [5, 5.41) is 3.99. The van der Waals surface area contributed by atoms with Gasteiger partial charge in [0.2, 0.25) is 0 Å². The summed E-state index contributed by atoms with van der Waals surface area (Å²) in [6.07, 6.45) is 9.52. The minimum Gasteiger partial charge on any atom is -0.496 e. The fourth-order valence-electron chi connectivity index (χ4n) is 2.01. The van der Waals surface area contributed by atoms with Crippen LogP contribution in [0.1, 0.15) is 57.9 Å². The smallest absolute Gasteiger partial charge is 0.133 e. The number of hydrogen-bond acceptors (Lipinski definition) is 4. The van der Waals surface area contributed by atoms with Gasteiger partial charge in [0.1, 0.15) is 12.4 Å².